The molecule has 1 aliphatic rings. The van der Waals surface area contributed by atoms with Gasteiger partial charge in [0.05, 0.1) is 25.7 Å². The third kappa shape index (κ3) is 2.86. The molecule has 0 radical (unpaired) electrons. The first-order chi connectivity index (χ1) is 8.22. The molecule has 1 fully saturated rings. The molecule has 1 aliphatic heterocycles. The second kappa shape index (κ2) is 5.62. The summed E-state index contributed by atoms with van der Waals surface area (Å²) < 4.78 is 5.32. The van der Waals surface area contributed by atoms with Crippen molar-refractivity contribution in [1.82, 2.24) is 10.6 Å². The molecule has 0 aliphatic carbocycles. The van der Waals surface area contributed by atoms with E-state index in [9.17, 15) is 4.79 Å². The molecule has 1 amide bonds. The Labute approximate surface area is 105 Å². The highest BCUT2D eigenvalue weighted by Gasteiger charge is 2.32. The first kappa shape index (κ1) is 12.5. The lowest BCUT2D eigenvalue weighted by atomic mass is 10.0. The molecule has 1 aromatic rings. The van der Waals surface area contributed by atoms with E-state index in [1.165, 1.54) is 10.4 Å². The van der Waals surface area contributed by atoms with Crippen molar-refractivity contribution in [3.05, 3.63) is 21.9 Å². The molecule has 1 saturated heterocycles. The summed E-state index contributed by atoms with van der Waals surface area (Å²) in [6.07, 6.45) is 0. The normalized spacial score (nSPS) is 23.9. The maximum absolute atomic E-state index is 12.0. The Morgan fingerprint density at radius 1 is 1.59 bits per heavy atom. The monoisotopic (exact) mass is 254 g/mol. The van der Waals surface area contributed by atoms with Gasteiger partial charge in [0, 0.05) is 10.9 Å². The van der Waals surface area contributed by atoms with Crippen LogP contribution in [-0.2, 0) is 16.1 Å². The van der Waals surface area contributed by atoms with E-state index in [4.69, 9.17) is 4.74 Å². The van der Waals surface area contributed by atoms with Crippen LogP contribution in [0.25, 0.3) is 0 Å². The van der Waals surface area contributed by atoms with Gasteiger partial charge in [-0.15, -0.1) is 11.3 Å². The number of nitrogens with one attached hydrogen (secondary N) is 2. The van der Waals surface area contributed by atoms with E-state index in [-0.39, 0.29) is 17.9 Å². The summed E-state index contributed by atoms with van der Waals surface area (Å²) in [6, 6.07) is 2.21. The number of carbonyl (C=O) groups excluding carboxylic acids is 1. The molecule has 2 heterocycles. The van der Waals surface area contributed by atoms with Gasteiger partial charge in [0.1, 0.15) is 0 Å². The minimum absolute atomic E-state index is 0.0692. The molecule has 0 aromatic carbocycles. The molecule has 17 heavy (non-hydrogen) atoms. The number of amides is 1. The van der Waals surface area contributed by atoms with E-state index in [1.54, 1.807) is 11.3 Å². The molecule has 0 saturated carbocycles. The minimum atomic E-state index is -0.0692. The van der Waals surface area contributed by atoms with E-state index in [1.807, 2.05) is 12.4 Å². The lowest BCUT2D eigenvalue weighted by molar-refractivity contribution is -0.125. The third-order valence-electron chi connectivity index (χ3n) is 3.18. The summed E-state index contributed by atoms with van der Waals surface area (Å²) in [4.78, 5) is 13.2. The van der Waals surface area contributed by atoms with Gasteiger partial charge in [-0.3, -0.25) is 4.79 Å². The van der Waals surface area contributed by atoms with Gasteiger partial charge in [-0.05, 0) is 31.0 Å². The van der Waals surface area contributed by atoms with Crippen molar-refractivity contribution in [1.29, 1.82) is 0 Å². The second-order valence-corrected chi connectivity index (χ2v) is 5.28. The van der Waals surface area contributed by atoms with Crippen LogP contribution in [0.2, 0.25) is 0 Å². The lowest BCUT2D eigenvalue weighted by Crippen LogP contribution is -2.42. The van der Waals surface area contributed by atoms with E-state index in [2.05, 4.69) is 23.6 Å². The Bertz CT molecular complexity index is 392. The summed E-state index contributed by atoms with van der Waals surface area (Å²) in [7, 11) is 1.86. The van der Waals surface area contributed by atoms with Gasteiger partial charge in [0.25, 0.3) is 0 Å². The first-order valence-corrected chi connectivity index (χ1v) is 6.66. The standard InChI is InChI=1S/C12H18N2O2S/c1-8-3-4-17-11(8)5-14-12(15)9-6-16-7-10(9)13-2/h3-4,9-10,13H,5-7H2,1-2H3,(H,14,15). The predicted molar refractivity (Wildman–Crippen MR) is 68.1 cm³/mol. The van der Waals surface area contributed by atoms with Crippen LogP contribution in [0.4, 0.5) is 0 Å². The van der Waals surface area contributed by atoms with E-state index >= 15 is 0 Å². The highest BCUT2D eigenvalue weighted by molar-refractivity contribution is 7.10. The molecule has 2 atom stereocenters. The van der Waals surface area contributed by atoms with E-state index < -0.39 is 0 Å². The van der Waals surface area contributed by atoms with Crippen molar-refractivity contribution < 1.29 is 9.53 Å². The van der Waals surface area contributed by atoms with Gasteiger partial charge < -0.3 is 15.4 Å². The first-order valence-electron chi connectivity index (χ1n) is 5.78. The summed E-state index contributed by atoms with van der Waals surface area (Å²) in [5.74, 6) is 0.00918. The van der Waals surface area contributed by atoms with Crippen molar-refractivity contribution in [2.75, 3.05) is 20.3 Å². The Hall–Kier alpha value is -0.910. The Morgan fingerprint density at radius 3 is 3.06 bits per heavy atom. The number of aryl methyl sites for hydroxylation is 1. The number of hydrogen-bond donors (Lipinski definition) is 2. The zero-order valence-electron chi connectivity index (χ0n) is 10.2. The number of thiophene rings is 1. The van der Waals surface area contributed by atoms with Crippen LogP contribution in [0.5, 0.6) is 0 Å². The average molecular weight is 254 g/mol. The SMILES string of the molecule is CNC1COCC1C(=O)NCc1sccc1C. The minimum Gasteiger partial charge on any atom is -0.379 e. The zero-order chi connectivity index (χ0) is 12.3. The van der Waals surface area contributed by atoms with Crippen molar-refractivity contribution in [2.45, 2.75) is 19.5 Å². The van der Waals surface area contributed by atoms with Crippen LogP contribution in [0.15, 0.2) is 11.4 Å². The van der Waals surface area contributed by atoms with Crippen molar-refractivity contribution in [2.24, 2.45) is 5.92 Å². The fourth-order valence-corrected chi connectivity index (χ4v) is 2.83. The summed E-state index contributed by atoms with van der Waals surface area (Å²) in [6.45, 7) is 3.82. The number of hydrogen-bond acceptors (Lipinski definition) is 4. The Morgan fingerprint density at radius 2 is 2.41 bits per heavy atom. The number of ether oxygens (including phenoxy) is 1. The molecule has 2 unspecified atom stereocenters. The number of rotatable bonds is 4. The van der Waals surface area contributed by atoms with Crippen LogP contribution in [-0.4, -0.2) is 32.2 Å². The lowest BCUT2D eigenvalue weighted by Gasteiger charge is -2.16. The van der Waals surface area contributed by atoms with Crippen LogP contribution >= 0.6 is 11.3 Å². The number of likely N-dealkylation sites (N-methyl/N-ethyl adjacent to an activating group) is 1. The fraction of sp³-hybridized carbons (Fsp3) is 0.583. The smallest absolute Gasteiger partial charge is 0.227 e. The zero-order valence-corrected chi connectivity index (χ0v) is 11.0. The molecule has 5 heteroatoms. The molecule has 0 bridgehead atoms. The highest BCUT2D eigenvalue weighted by Crippen LogP contribution is 2.17. The summed E-state index contributed by atoms with van der Waals surface area (Å²) in [5.41, 5.74) is 1.24. The third-order valence-corrected chi connectivity index (χ3v) is 4.20. The van der Waals surface area contributed by atoms with Crippen LogP contribution < -0.4 is 10.6 Å². The second-order valence-electron chi connectivity index (χ2n) is 4.28. The fourth-order valence-electron chi connectivity index (χ4n) is 1.98. The van der Waals surface area contributed by atoms with Gasteiger partial charge in [0.2, 0.25) is 5.91 Å². The Kier molecular flexibility index (Phi) is 4.15. The van der Waals surface area contributed by atoms with Crippen LogP contribution in [0.3, 0.4) is 0 Å². The van der Waals surface area contributed by atoms with Crippen LogP contribution in [0, 0.1) is 12.8 Å². The van der Waals surface area contributed by atoms with Gasteiger partial charge in [-0.25, -0.2) is 0 Å². The van der Waals surface area contributed by atoms with Crippen molar-refractivity contribution in [3.8, 4) is 0 Å². The molecular weight excluding hydrogens is 236 g/mol. The number of carbonyl (C=O) groups is 1. The molecule has 94 valence electrons. The largest absolute Gasteiger partial charge is 0.379 e. The molecule has 2 rings (SSSR count). The summed E-state index contributed by atoms with van der Waals surface area (Å²) in [5, 5.41) is 8.15. The molecular formula is C12H18N2O2S. The van der Waals surface area contributed by atoms with E-state index in [0.29, 0.717) is 19.8 Å². The molecule has 4 nitrogen and oxygen atoms in total. The van der Waals surface area contributed by atoms with Crippen molar-refractivity contribution >= 4 is 17.2 Å². The highest BCUT2D eigenvalue weighted by atomic mass is 32.1. The summed E-state index contributed by atoms with van der Waals surface area (Å²) >= 11 is 1.68. The van der Waals surface area contributed by atoms with E-state index in [0.717, 1.165) is 0 Å². The topological polar surface area (TPSA) is 50.4 Å². The average Bonchev–Trinajstić information content (AvgIpc) is 2.94. The molecule has 0 spiro atoms. The van der Waals surface area contributed by atoms with Crippen molar-refractivity contribution in [3.63, 3.8) is 0 Å². The predicted octanol–water partition coefficient (Wildman–Crippen LogP) is 0.907. The Balaban J connectivity index is 1.87. The van der Waals surface area contributed by atoms with Gasteiger partial charge in [0.15, 0.2) is 0 Å². The maximum Gasteiger partial charge on any atom is 0.227 e. The van der Waals surface area contributed by atoms with Gasteiger partial charge in [-0.2, -0.15) is 0 Å². The quantitative estimate of drug-likeness (QED) is 0.839. The molecule has 2 N–H and O–H groups in total. The molecule has 1 aromatic heterocycles. The maximum atomic E-state index is 12.0. The van der Waals surface area contributed by atoms with Gasteiger partial charge >= 0.3 is 0 Å². The van der Waals surface area contributed by atoms with Crippen LogP contribution in [0.1, 0.15) is 10.4 Å². The van der Waals surface area contributed by atoms with Gasteiger partial charge in [-0.1, -0.05) is 0 Å².